The van der Waals surface area contributed by atoms with Crippen LogP contribution in [0.15, 0.2) is 12.3 Å². The van der Waals surface area contributed by atoms with Gasteiger partial charge in [-0.3, -0.25) is 9.78 Å². The number of hydrogen-bond donors (Lipinski definition) is 2. The van der Waals surface area contributed by atoms with E-state index >= 15 is 0 Å². The van der Waals surface area contributed by atoms with Crippen LogP contribution in [0.3, 0.4) is 0 Å². The van der Waals surface area contributed by atoms with Crippen molar-refractivity contribution in [3.05, 3.63) is 23.5 Å². The van der Waals surface area contributed by atoms with Crippen molar-refractivity contribution in [2.45, 2.75) is 45.6 Å². The summed E-state index contributed by atoms with van der Waals surface area (Å²) in [5, 5.41) is 6.28. The van der Waals surface area contributed by atoms with Crippen LogP contribution in [0.2, 0.25) is 0 Å². The molecule has 4 atom stereocenters. The Balaban J connectivity index is 1.68. The second-order valence-electron chi connectivity index (χ2n) is 6.72. The van der Waals surface area contributed by atoms with E-state index in [1.165, 1.54) is 25.7 Å². The maximum atomic E-state index is 12.5. The third-order valence-electron chi connectivity index (χ3n) is 5.35. The van der Waals surface area contributed by atoms with Gasteiger partial charge < -0.3 is 10.6 Å². The lowest BCUT2D eigenvalue weighted by Crippen LogP contribution is -2.40. The van der Waals surface area contributed by atoms with Crippen molar-refractivity contribution in [2.75, 3.05) is 12.4 Å². The number of pyridine rings is 1. The van der Waals surface area contributed by atoms with E-state index in [1.807, 2.05) is 20.0 Å². The van der Waals surface area contributed by atoms with E-state index in [4.69, 9.17) is 0 Å². The Kier molecular flexibility index (Phi) is 3.87. The summed E-state index contributed by atoms with van der Waals surface area (Å²) < 4.78 is 0. The highest BCUT2D eigenvalue weighted by Crippen LogP contribution is 2.49. The van der Waals surface area contributed by atoms with Crippen molar-refractivity contribution in [2.24, 2.45) is 17.8 Å². The normalized spacial score (nSPS) is 28.4. The predicted octanol–water partition coefficient (Wildman–Crippen LogP) is 2.99. The van der Waals surface area contributed by atoms with Crippen molar-refractivity contribution in [1.29, 1.82) is 0 Å². The first-order valence-electron chi connectivity index (χ1n) is 8.03. The second-order valence-corrected chi connectivity index (χ2v) is 6.72. The van der Waals surface area contributed by atoms with Crippen LogP contribution in [0.1, 0.15) is 48.7 Å². The molecule has 0 saturated heterocycles. The SMILES string of the molecule is CNc1cc(C)ncc1C(=O)NC(C)C1CC2CCC1C2. The molecule has 0 spiro atoms. The molecule has 21 heavy (non-hydrogen) atoms. The highest BCUT2D eigenvalue weighted by molar-refractivity contribution is 5.99. The number of carbonyl (C=O) groups is 1. The van der Waals surface area contributed by atoms with E-state index < -0.39 is 0 Å². The molecule has 2 bridgehead atoms. The molecule has 3 rings (SSSR count). The van der Waals surface area contributed by atoms with Crippen LogP contribution in [0, 0.1) is 24.7 Å². The van der Waals surface area contributed by atoms with E-state index in [0.29, 0.717) is 11.5 Å². The van der Waals surface area contributed by atoms with Gasteiger partial charge in [-0.2, -0.15) is 0 Å². The molecule has 1 aromatic rings. The molecule has 2 aliphatic rings. The largest absolute Gasteiger partial charge is 0.387 e. The summed E-state index contributed by atoms with van der Waals surface area (Å²) in [4.78, 5) is 16.8. The first-order chi connectivity index (χ1) is 10.1. The number of hydrogen-bond acceptors (Lipinski definition) is 3. The number of rotatable bonds is 4. The molecular formula is C17H25N3O. The molecule has 4 nitrogen and oxygen atoms in total. The van der Waals surface area contributed by atoms with E-state index in [9.17, 15) is 4.79 Å². The number of anilines is 1. The predicted molar refractivity (Wildman–Crippen MR) is 84.4 cm³/mol. The van der Waals surface area contributed by atoms with Crippen LogP contribution in [0.5, 0.6) is 0 Å². The molecule has 0 radical (unpaired) electrons. The molecule has 4 heteroatoms. The molecule has 1 amide bonds. The van der Waals surface area contributed by atoms with Gasteiger partial charge in [0.15, 0.2) is 0 Å². The van der Waals surface area contributed by atoms with Gasteiger partial charge in [0, 0.05) is 25.0 Å². The highest BCUT2D eigenvalue weighted by atomic mass is 16.1. The molecule has 2 N–H and O–H groups in total. The van der Waals surface area contributed by atoms with Gasteiger partial charge in [0.2, 0.25) is 0 Å². The smallest absolute Gasteiger partial charge is 0.255 e. The Bertz CT molecular complexity index is 543. The van der Waals surface area contributed by atoms with Crippen molar-refractivity contribution >= 4 is 11.6 Å². The Morgan fingerprint density at radius 1 is 1.38 bits per heavy atom. The van der Waals surface area contributed by atoms with Gasteiger partial charge in [-0.15, -0.1) is 0 Å². The zero-order valence-corrected chi connectivity index (χ0v) is 13.1. The standard InChI is InChI=1S/C17H25N3O/c1-10-6-16(18-3)15(9-19-10)17(21)20-11(2)14-8-12-4-5-13(14)7-12/h6,9,11-14H,4-5,7-8H2,1-3H3,(H,18,19)(H,20,21). The van der Waals surface area contributed by atoms with Gasteiger partial charge in [0.05, 0.1) is 11.3 Å². The van der Waals surface area contributed by atoms with Crippen LogP contribution in [0.4, 0.5) is 5.69 Å². The Morgan fingerprint density at radius 2 is 2.19 bits per heavy atom. The van der Waals surface area contributed by atoms with Crippen molar-refractivity contribution < 1.29 is 4.79 Å². The number of fused-ring (bicyclic) bond motifs is 2. The van der Waals surface area contributed by atoms with E-state index in [-0.39, 0.29) is 11.9 Å². The molecule has 1 aromatic heterocycles. The van der Waals surface area contributed by atoms with Crippen LogP contribution in [-0.2, 0) is 0 Å². The fourth-order valence-corrected chi connectivity index (χ4v) is 4.25. The summed E-state index contributed by atoms with van der Waals surface area (Å²) in [6, 6.07) is 2.16. The summed E-state index contributed by atoms with van der Waals surface area (Å²) in [5.41, 5.74) is 2.40. The van der Waals surface area contributed by atoms with Crippen molar-refractivity contribution in [1.82, 2.24) is 10.3 Å². The summed E-state index contributed by atoms with van der Waals surface area (Å²) in [7, 11) is 1.84. The summed E-state index contributed by atoms with van der Waals surface area (Å²) in [5.74, 6) is 2.38. The fraction of sp³-hybridized carbons (Fsp3) is 0.647. The highest BCUT2D eigenvalue weighted by Gasteiger charge is 2.42. The Morgan fingerprint density at radius 3 is 2.81 bits per heavy atom. The second kappa shape index (κ2) is 5.66. The Hall–Kier alpha value is -1.58. The lowest BCUT2D eigenvalue weighted by molar-refractivity contribution is 0.0916. The maximum Gasteiger partial charge on any atom is 0.255 e. The Labute approximate surface area is 126 Å². The lowest BCUT2D eigenvalue weighted by Gasteiger charge is -2.28. The minimum atomic E-state index is -0.0119. The first kappa shape index (κ1) is 14.4. The quantitative estimate of drug-likeness (QED) is 0.895. The molecule has 0 aliphatic heterocycles. The fourth-order valence-electron chi connectivity index (χ4n) is 4.25. The number of nitrogens with zero attached hydrogens (tertiary/aromatic N) is 1. The zero-order chi connectivity index (χ0) is 15.0. The first-order valence-corrected chi connectivity index (χ1v) is 8.03. The van der Waals surface area contributed by atoms with E-state index in [0.717, 1.165) is 23.2 Å². The lowest BCUT2D eigenvalue weighted by atomic mass is 9.84. The molecule has 1 heterocycles. The number of carbonyl (C=O) groups excluding carboxylic acids is 1. The van der Waals surface area contributed by atoms with Crippen LogP contribution in [0.25, 0.3) is 0 Å². The van der Waals surface area contributed by atoms with Gasteiger partial charge in [-0.1, -0.05) is 6.42 Å². The molecule has 0 aromatic carbocycles. The molecule has 114 valence electrons. The minimum Gasteiger partial charge on any atom is -0.387 e. The molecular weight excluding hydrogens is 262 g/mol. The summed E-state index contributed by atoms with van der Waals surface area (Å²) >= 11 is 0. The zero-order valence-electron chi connectivity index (χ0n) is 13.1. The molecule has 4 unspecified atom stereocenters. The number of aryl methyl sites for hydroxylation is 1. The summed E-state index contributed by atoms with van der Waals surface area (Å²) in [6.45, 7) is 4.09. The topological polar surface area (TPSA) is 54.0 Å². The minimum absolute atomic E-state index is 0.0119. The monoisotopic (exact) mass is 287 g/mol. The average molecular weight is 287 g/mol. The number of nitrogens with one attached hydrogen (secondary N) is 2. The van der Waals surface area contributed by atoms with Gasteiger partial charge in [-0.05, 0) is 56.9 Å². The number of amides is 1. The van der Waals surface area contributed by atoms with Gasteiger partial charge in [0.25, 0.3) is 5.91 Å². The van der Waals surface area contributed by atoms with E-state index in [1.54, 1.807) is 6.20 Å². The molecule has 2 fully saturated rings. The average Bonchev–Trinajstić information content (AvgIpc) is 3.09. The third-order valence-corrected chi connectivity index (χ3v) is 5.35. The molecule has 2 aliphatic carbocycles. The third kappa shape index (κ3) is 2.76. The van der Waals surface area contributed by atoms with Crippen molar-refractivity contribution in [3.8, 4) is 0 Å². The van der Waals surface area contributed by atoms with Crippen LogP contribution >= 0.6 is 0 Å². The maximum absolute atomic E-state index is 12.5. The van der Waals surface area contributed by atoms with Crippen LogP contribution < -0.4 is 10.6 Å². The number of aromatic nitrogens is 1. The molecule has 2 saturated carbocycles. The van der Waals surface area contributed by atoms with Crippen LogP contribution in [-0.4, -0.2) is 24.0 Å². The van der Waals surface area contributed by atoms with Gasteiger partial charge in [0.1, 0.15) is 0 Å². The van der Waals surface area contributed by atoms with E-state index in [2.05, 4.69) is 22.5 Å². The van der Waals surface area contributed by atoms with Gasteiger partial charge in [-0.25, -0.2) is 0 Å². The summed E-state index contributed by atoms with van der Waals surface area (Å²) in [6.07, 6.45) is 7.08. The van der Waals surface area contributed by atoms with Crippen molar-refractivity contribution in [3.63, 3.8) is 0 Å². The van der Waals surface area contributed by atoms with Gasteiger partial charge >= 0.3 is 0 Å².